The van der Waals surface area contributed by atoms with Crippen molar-refractivity contribution >= 4 is 39.9 Å². The van der Waals surface area contributed by atoms with E-state index in [1.54, 1.807) is 13.8 Å². The highest BCUT2D eigenvalue weighted by molar-refractivity contribution is 7.18. The third-order valence-corrected chi connectivity index (χ3v) is 4.12. The van der Waals surface area contributed by atoms with Crippen LogP contribution in [0.4, 0.5) is 5.13 Å². The molecule has 8 heteroatoms. The predicted octanol–water partition coefficient (Wildman–Crippen LogP) is 2.58. The number of nitrogens with zero attached hydrogens (tertiary/aromatic N) is 2. The molecule has 0 aliphatic carbocycles. The monoisotopic (exact) mass is 352 g/mol. The second kappa shape index (κ2) is 7.52. The molecule has 0 fully saturated rings. The van der Waals surface area contributed by atoms with Gasteiger partial charge in [-0.25, -0.2) is 0 Å². The smallest absolute Gasteiger partial charge is 0.248 e. The first kappa shape index (κ1) is 17.4. The number of carbonyl (C=O) groups excluding carboxylic acids is 2. The maximum atomic E-state index is 12.0. The Hall–Kier alpha value is -1.99. The molecule has 2 atom stereocenters. The van der Waals surface area contributed by atoms with E-state index in [1.807, 2.05) is 31.2 Å². The number of anilines is 1. The van der Waals surface area contributed by atoms with E-state index in [2.05, 4.69) is 20.8 Å². The first-order chi connectivity index (χ1) is 10.9. The predicted molar refractivity (Wildman–Crippen MR) is 91.6 cm³/mol. The zero-order valence-electron chi connectivity index (χ0n) is 13.0. The minimum Gasteiger partial charge on any atom is -0.343 e. The molecule has 2 unspecified atom stereocenters. The van der Waals surface area contributed by atoms with Crippen LogP contribution in [-0.2, 0) is 9.59 Å². The lowest BCUT2D eigenvalue weighted by atomic mass is 10.1. The van der Waals surface area contributed by atoms with Crippen molar-refractivity contribution in [2.75, 3.05) is 5.32 Å². The van der Waals surface area contributed by atoms with Gasteiger partial charge in [-0.3, -0.25) is 14.9 Å². The van der Waals surface area contributed by atoms with E-state index < -0.39 is 17.3 Å². The van der Waals surface area contributed by atoms with Crippen LogP contribution in [0.25, 0.3) is 10.6 Å². The summed E-state index contributed by atoms with van der Waals surface area (Å²) in [6.45, 7) is 5.12. The van der Waals surface area contributed by atoms with Gasteiger partial charge in [0.25, 0.3) is 0 Å². The van der Waals surface area contributed by atoms with Gasteiger partial charge in [-0.2, -0.15) is 0 Å². The number of hydrogen-bond donors (Lipinski definition) is 2. The average molecular weight is 353 g/mol. The van der Waals surface area contributed by atoms with E-state index in [4.69, 9.17) is 11.6 Å². The summed E-state index contributed by atoms with van der Waals surface area (Å²) in [6.07, 6.45) is 0. The number of alkyl halides is 1. The number of aromatic nitrogens is 2. The van der Waals surface area contributed by atoms with Crippen LogP contribution in [0.5, 0.6) is 0 Å². The third kappa shape index (κ3) is 4.74. The molecule has 1 heterocycles. The maximum Gasteiger partial charge on any atom is 0.248 e. The molecular formula is C15H17ClN4O2S. The van der Waals surface area contributed by atoms with Crippen molar-refractivity contribution < 1.29 is 9.59 Å². The molecule has 0 aliphatic heterocycles. The first-order valence-corrected chi connectivity index (χ1v) is 8.28. The van der Waals surface area contributed by atoms with Gasteiger partial charge in [0, 0.05) is 5.56 Å². The number of amides is 2. The molecule has 122 valence electrons. The lowest BCUT2D eigenvalue weighted by Gasteiger charge is -2.13. The molecule has 1 aromatic carbocycles. The lowest BCUT2D eigenvalue weighted by Crippen LogP contribution is -2.44. The topological polar surface area (TPSA) is 84.0 Å². The molecule has 2 N–H and O–H groups in total. The minimum atomic E-state index is -0.713. The fourth-order valence-electron chi connectivity index (χ4n) is 1.78. The van der Waals surface area contributed by atoms with Crippen LogP contribution in [0, 0.1) is 6.92 Å². The van der Waals surface area contributed by atoms with Gasteiger partial charge in [-0.1, -0.05) is 35.1 Å². The van der Waals surface area contributed by atoms with E-state index in [-0.39, 0.29) is 5.91 Å². The van der Waals surface area contributed by atoms with Gasteiger partial charge < -0.3 is 5.32 Å². The first-order valence-electron chi connectivity index (χ1n) is 7.02. The Morgan fingerprint density at radius 3 is 2.61 bits per heavy atom. The summed E-state index contributed by atoms with van der Waals surface area (Å²) in [6, 6.07) is 7.15. The average Bonchev–Trinajstić information content (AvgIpc) is 2.95. The molecule has 2 amide bonds. The van der Waals surface area contributed by atoms with Crippen LogP contribution >= 0.6 is 22.9 Å². The number of aryl methyl sites for hydroxylation is 1. The van der Waals surface area contributed by atoms with Crippen LogP contribution in [0.1, 0.15) is 19.4 Å². The van der Waals surface area contributed by atoms with Gasteiger partial charge >= 0.3 is 0 Å². The summed E-state index contributed by atoms with van der Waals surface area (Å²) in [7, 11) is 0. The van der Waals surface area contributed by atoms with Crippen molar-refractivity contribution in [3.05, 3.63) is 29.8 Å². The van der Waals surface area contributed by atoms with Crippen molar-refractivity contribution in [3.63, 3.8) is 0 Å². The Bertz CT molecular complexity index is 717. The van der Waals surface area contributed by atoms with E-state index in [0.717, 1.165) is 16.1 Å². The molecule has 2 aromatic rings. The zero-order valence-corrected chi connectivity index (χ0v) is 14.5. The molecular weight excluding hydrogens is 336 g/mol. The second-order valence-electron chi connectivity index (χ2n) is 5.12. The fourth-order valence-corrected chi connectivity index (χ4v) is 2.58. The van der Waals surface area contributed by atoms with Gasteiger partial charge in [0.05, 0.1) is 0 Å². The standard InChI is InChI=1S/C15H17ClN4O2S/c1-8-5-4-6-11(7-8)14-19-20-15(23-14)18-13(22)10(3)17-12(21)9(2)16/h4-7,9-10H,1-3H3,(H,17,21)(H,18,20,22). The Morgan fingerprint density at radius 2 is 1.96 bits per heavy atom. The highest BCUT2D eigenvalue weighted by Crippen LogP contribution is 2.26. The van der Waals surface area contributed by atoms with Crippen molar-refractivity contribution in [2.45, 2.75) is 32.2 Å². The van der Waals surface area contributed by atoms with E-state index >= 15 is 0 Å². The summed E-state index contributed by atoms with van der Waals surface area (Å²) in [5.74, 6) is -0.769. The summed E-state index contributed by atoms with van der Waals surface area (Å²) in [5.41, 5.74) is 2.06. The highest BCUT2D eigenvalue weighted by atomic mass is 35.5. The van der Waals surface area contributed by atoms with E-state index in [0.29, 0.717) is 5.13 Å². The number of rotatable bonds is 5. The largest absolute Gasteiger partial charge is 0.343 e. The summed E-state index contributed by atoms with van der Waals surface area (Å²) < 4.78 is 0. The molecule has 0 saturated heterocycles. The van der Waals surface area contributed by atoms with E-state index in [9.17, 15) is 9.59 Å². The Labute approximate surface area is 143 Å². The number of halogens is 1. The molecule has 0 spiro atoms. The zero-order chi connectivity index (χ0) is 17.0. The van der Waals surface area contributed by atoms with Crippen molar-refractivity contribution in [1.82, 2.24) is 15.5 Å². The number of carbonyl (C=O) groups is 2. The van der Waals surface area contributed by atoms with Gasteiger partial charge in [-0.05, 0) is 26.8 Å². The summed E-state index contributed by atoms with van der Waals surface area (Å²) in [4.78, 5) is 23.5. The van der Waals surface area contributed by atoms with Crippen LogP contribution in [-0.4, -0.2) is 33.4 Å². The number of nitrogens with one attached hydrogen (secondary N) is 2. The Kier molecular flexibility index (Phi) is 5.68. The summed E-state index contributed by atoms with van der Waals surface area (Å²) >= 11 is 6.93. The molecule has 0 saturated carbocycles. The quantitative estimate of drug-likeness (QED) is 0.810. The maximum absolute atomic E-state index is 12.0. The normalized spacial score (nSPS) is 13.2. The number of benzene rings is 1. The third-order valence-electron chi connectivity index (χ3n) is 3.03. The number of hydrogen-bond acceptors (Lipinski definition) is 5. The minimum absolute atomic E-state index is 0.373. The molecule has 2 rings (SSSR count). The van der Waals surface area contributed by atoms with Crippen LogP contribution in [0.2, 0.25) is 0 Å². The van der Waals surface area contributed by atoms with Crippen molar-refractivity contribution in [1.29, 1.82) is 0 Å². The van der Waals surface area contributed by atoms with Gasteiger partial charge in [0.1, 0.15) is 16.4 Å². The van der Waals surface area contributed by atoms with Gasteiger partial charge in [0.2, 0.25) is 16.9 Å². The van der Waals surface area contributed by atoms with E-state index in [1.165, 1.54) is 11.3 Å². The van der Waals surface area contributed by atoms with Crippen molar-refractivity contribution in [2.24, 2.45) is 0 Å². The SMILES string of the molecule is Cc1cccc(-c2nnc(NC(=O)C(C)NC(=O)C(C)Cl)s2)c1. The molecule has 1 aromatic heterocycles. The Balaban J connectivity index is 2.01. The lowest BCUT2D eigenvalue weighted by molar-refractivity contribution is -0.125. The fraction of sp³-hybridized carbons (Fsp3) is 0.333. The molecule has 0 bridgehead atoms. The summed E-state index contributed by atoms with van der Waals surface area (Å²) in [5, 5.41) is 13.6. The molecule has 0 aliphatic rings. The second-order valence-corrected chi connectivity index (χ2v) is 6.75. The molecule has 0 radical (unpaired) electrons. The van der Waals surface area contributed by atoms with Crippen LogP contribution in [0.15, 0.2) is 24.3 Å². The molecule has 23 heavy (non-hydrogen) atoms. The van der Waals surface area contributed by atoms with Gasteiger partial charge in [0.15, 0.2) is 0 Å². The van der Waals surface area contributed by atoms with Crippen LogP contribution in [0.3, 0.4) is 0 Å². The van der Waals surface area contributed by atoms with Crippen molar-refractivity contribution in [3.8, 4) is 10.6 Å². The highest BCUT2D eigenvalue weighted by Gasteiger charge is 2.19. The molecule has 6 nitrogen and oxygen atoms in total. The van der Waals surface area contributed by atoms with Gasteiger partial charge in [-0.15, -0.1) is 21.8 Å². The van der Waals surface area contributed by atoms with Crippen LogP contribution < -0.4 is 10.6 Å². The Morgan fingerprint density at radius 1 is 1.22 bits per heavy atom.